The van der Waals surface area contributed by atoms with Crippen LogP contribution in [0.2, 0.25) is 5.15 Å². The minimum Gasteiger partial charge on any atom is -0.493 e. The Morgan fingerprint density at radius 3 is 2.40 bits per heavy atom. The predicted octanol–water partition coefficient (Wildman–Crippen LogP) is 2.62. The summed E-state index contributed by atoms with van der Waals surface area (Å²) < 4.78 is 15.1. The van der Waals surface area contributed by atoms with Crippen molar-refractivity contribution in [1.29, 1.82) is 0 Å². The number of hydrogen-bond donors (Lipinski definition) is 0. The van der Waals surface area contributed by atoms with Gasteiger partial charge in [0.05, 0.1) is 33.3 Å². The summed E-state index contributed by atoms with van der Waals surface area (Å²) in [6.45, 7) is 0. The zero-order valence-corrected chi connectivity index (χ0v) is 12.2. The van der Waals surface area contributed by atoms with E-state index in [2.05, 4.69) is 9.72 Å². The van der Waals surface area contributed by atoms with Gasteiger partial charge in [-0.3, -0.25) is 4.79 Å². The minimum atomic E-state index is -0.367. The van der Waals surface area contributed by atoms with Crippen LogP contribution in [0, 0.1) is 0 Å². The second-order valence-corrected chi connectivity index (χ2v) is 4.45. The SMILES string of the molecule is COC(=O)Cc1cc2cc(OC)c(OC)cc2nc1Cl. The number of rotatable bonds is 4. The number of aromatic nitrogens is 1. The van der Waals surface area contributed by atoms with E-state index >= 15 is 0 Å². The molecule has 0 fully saturated rings. The molecule has 0 saturated carbocycles. The van der Waals surface area contributed by atoms with Crippen molar-refractivity contribution in [2.75, 3.05) is 21.3 Å². The van der Waals surface area contributed by atoms with Crippen LogP contribution in [0.3, 0.4) is 0 Å². The van der Waals surface area contributed by atoms with Gasteiger partial charge in [0.1, 0.15) is 5.15 Å². The smallest absolute Gasteiger partial charge is 0.310 e. The van der Waals surface area contributed by atoms with Crippen molar-refractivity contribution in [2.45, 2.75) is 6.42 Å². The van der Waals surface area contributed by atoms with Gasteiger partial charge in [-0.15, -0.1) is 0 Å². The number of nitrogens with zero attached hydrogens (tertiary/aromatic N) is 1. The molecule has 6 heteroatoms. The molecule has 0 unspecified atom stereocenters. The first-order chi connectivity index (χ1) is 9.58. The first kappa shape index (κ1) is 14.4. The third kappa shape index (κ3) is 2.77. The van der Waals surface area contributed by atoms with E-state index in [9.17, 15) is 4.79 Å². The predicted molar refractivity (Wildman–Crippen MR) is 75.6 cm³/mol. The Bertz CT molecular complexity index is 657. The minimum absolute atomic E-state index is 0.0760. The van der Waals surface area contributed by atoms with Crippen LogP contribution >= 0.6 is 11.6 Å². The summed E-state index contributed by atoms with van der Waals surface area (Å²) in [5.41, 5.74) is 1.28. The highest BCUT2D eigenvalue weighted by Crippen LogP contribution is 2.33. The molecule has 2 rings (SSSR count). The number of benzene rings is 1. The van der Waals surface area contributed by atoms with Crippen molar-refractivity contribution in [2.24, 2.45) is 0 Å². The van der Waals surface area contributed by atoms with Gasteiger partial charge < -0.3 is 14.2 Å². The van der Waals surface area contributed by atoms with Gasteiger partial charge in [-0.25, -0.2) is 4.98 Å². The fraction of sp³-hybridized carbons (Fsp3) is 0.286. The van der Waals surface area contributed by atoms with Crippen LogP contribution in [-0.4, -0.2) is 32.3 Å². The molecular formula is C14H14ClNO4. The first-order valence-electron chi connectivity index (χ1n) is 5.87. The molecule has 0 aliphatic heterocycles. The number of hydrogen-bond acceptors (Lipinski definition) is 5. The average molecular weight is 296 g/mol. The summed E-state index contributed by atoms with van der Waals surface area (Å²) in [4.78, 5) is 15.6. The highest BCUT2D eigenvalue weighted by molar-refractivity contribution is 6.30. The topological polar surface area (TPSA) is 57.7 Å². The monoisotopic (exact) mass is 295 g/mol. The maximum absolute atomic E-state index is 11.3. The molecule has 0 radical (unpaired) electrons. The molecule has 2 aromatic rings. The molecule has 0 atom stereocenters. The van der Waals surface area contributed by atoms with E-state index in [0.29, 0.717) is 22.6 Å². The van der Waals surface area contributed by atoms with E-state index in [1.54, 1.807) is 32.4 Å². The van der Waals surface area contributed by atoms with Crippen LogP contribution in [-0.2, 0) is 16.0 Å². The van der Waals surface area contributed by atoms with Crippen molar-refractivity contribution < 1.29 is 19.0 Å². The van der Waals surface area contributed by atoms with E-state index in [-0.39, 0.29) is 17.5 Å². The van der Waals surface area contributed by atoms with Gasteiger partial charge in [0.2, 0.25) is 0 Å². The van der Waals surface area contributed by atoms with Crippen LogP contribution < -0.4 is 9.47 Å². The number of fused-ring (bicyclic) bond motifs is 1. The number of methoxy groups -OCH3 is 3. The lowest BCUT2D eigenvalue weighted by atomic mass is 10.1. The first-order valence-corrected chi connectivity index (χ1v) is 6.24. The molecule has 106 valence electrons. The summed E-state index contributed by atoms with van der Waals surface area (Å²) in [6, 6.07) is 5.32. The zero-order chi connectivity index (χ0) is 14.7. The van der Waals surface area contributed by atoms with Crippen LogP contribution in [0.25, 0.3) is 10.9 Å². The van der Waals surface area contributed by atoms with Crippen molar-refractivity contribution in [3.63, 3.8) is 0 Å². The van der Waals surface area contributed by atoms with E-state index in [1.165, 1.54) is 7.11 Å². The van der Waals surface area contributed by atoms with E-state index in [0.717, 1.165) is 5.39 Å². The average Bonchev–Trinajstić information content (AvgIpc) is 2.46. The normalized spacial score (nSPS) is 10.4. The molecule has 0 amide bonds. The number of esters is 1. The lowest BCUT2D eigenvalue weighted by molar-refractivity contribution is -0.139. The molecule has 1 aromatic carbocycles. The zero-order valence-electron chi connectivity index (χ0n) is 11.4. The lowest BCUT2D eigenvalue weighted by Gasteiger charge is -2.10. The quantitative estimate of drug-likeness (QED) is 0.641. The Balaban J connectivity index is 2.54. The van der Waals surface area contributed by atoms with Gasteiger partial charge in [-0.1, -0.05) is 11.6 Å². The lowest BCUT2D eigenvalue weighted by Crippen LogP contribution is -2.05. The molecule has 0 saturated heterocycles. The maximum atomic E-state index is 11.3. The maximum Gasteiger partial charge on any atom is 0.310 e. The molecule has 0 spiro atoms. The third-order valence-electron chi connectivity index (χ3n) is 2.91. The van der Waals surface area contributed by atoms with E-state index in [4.69, 9.17) is 21.1 Å². The van der Waals surface area contributed by atoms with Crippen LogP contribution in [0.4, 0.5) is 0 Å². The van der Waals surface area contributed by atoms with E-state index in [1.807, 2.05) is 0 Å². The molecule has 0 aliphatic rings. The second kappa shape index (κ2) is 5.96. The fourth-order valence-electron chi connectivity index (χ4n) is 1.87. The van der Waals surface area contributed by atoms with Gasteiger partial charge in [0.25, 0.3) is 0 Å². The van der Waals surface area contributed by atoms with Crippen LogP contribution in [0.15, 0.2) is 18.2 Å². The summed E-state index contributed by atoms with van der Waals surface area (Å²) in [5, 5.41) is 1.08. The van der Waals surface area contributed by atoms with E-state index < -0.39 is 0 Å². The Kier molecular flexibility index (Phi) is 4.29. The van der Waals surface area contributed by atoms with Crippen molar-refractivity contribution in [1.82, 2.24) is 4.98 Å². The van der Waals surface area contributed by atoms with Crippen molar-refractivity contribution >= 4 is 28.5 Å². The number of carbonyl (C=O) groups is 1. The summed E-state index contributed by atoms with van der Waals surface area (Å²) in [7, 11) is 4.44. The Morgan fingerprint density at radius 2 is 1.80 bits per heavy atom. The Morgan fingerprint density at radius 1 is 1.15 bits per heavy atom. The summed E-state index contributed by atoms with van der Waals surface area (Å²) >= 11 is 6.08. The Hall–Kier alpha value is -2.01. The molecule has 0 bridgehead atoms. The van der Waals surface area contributed by atoms with Gasteiger partial charge in [0.15, 0.2) is 11.5 Å². The molecule has 1 aromatic heterocycles. The van der Waals surface area contributed by atoms with Gasteiger partial charge in [0, 0.05) is 17.0 Å². The fourth-order valence-corrected chi connectivity index (χ4v) is 2.09. The van der Waals surface area contributed by atoms with Gasteiger partial charge in [-0.2, -0.15) is 0 Å². The summed E-state index contributed by atoms with van der Waals surface area (Å²) in [5.74, 6) is 0.797. The number of ether oxygens (including phenoxy) is 3. The highest BCUT2D eigenvalue weighted by atomic mass is 35.5. The van der Waals surface area contributed by atoms with Gasteiger partial charge in [-0.05, 0) is 12.1 Å². The Labute approximate surface area is 121 Å². The number of halogens is 1. The standard InChI is InChI=1S/C14H14ClNO4/c1-18-11-5-8-4-9(6-13(17)20-3)14(15)16-10(8)7-12(11)19-2/h4-5,7H,6H2,1-3H3. The molecule has 20 heavy (non-hydrogen) atoms. The van der Waals surface area contributed by atoms with Crippen LogP contribution in [0.5, 0.6) is 11.5 Å². The molecule has 0 N–H and O–H groups in total. The van der Waals surface area contributed by atoms with Crippen molar-refractivity contribution in [3.05, 3.63) is 28.9 Å². The van der Waals surface area contributed by atoms with Crippen LogP contribution in [0.1, 0.15) is 5.56 Å². The second-order valence-electron chi connectivity index (χ2n) is 4.09. The third-order valence-corrected chi connectivity index (χ3v) is 3.24. The summed E-state index contributed by atoms with van der Waals surface area (Å²) in [6.07, 6.45) is 0.0760. The van der Waals surface area contributed by atoms with Crippen molar-refractivity contribution in [3.8, 4) is 11.5 Å². The number of pyridine rings is 1. The van der Waals surface area contributed by atoms with Gasteiger partial charge >= 0.3 is 5.97 Å². The molecule has 5 nitrogen and oxygen atoms in total. The highest BCUT2D eigenvalue weighted by Gasteiger charge is 2.13. The molecular weight excluding hydrogens is 282 g/mol. The number of carbonyl (C=O) groups excluding carboxylic acids is 1. The molecule has 1 heterocycles. The molecule has 0 aliphatic carbocycles. The largest absolute Gasteiger partial charge is 0.493 e.